The van der Waals surface area contributed by atoms with Crippen molar-refractivity contribution in [2.75, 3.05) is 0 Å². The van der Waals surface area contributed by atoms with Crippen molar-refractivity contribution in [1.82, 2.24) is 0 Å². The molecule has 3 N–H and O–H groups in total. The minimum absolute atomic E-state index is 0. The largest absolute Gasteiger partial charge is 1.00 e. The second kappa shape index (κ2) is 23.9. The summed E-state index contributed by atoms with van der Waals surface area (Å²) in [6.07, 6.45) is 22.8. The van der Waals surface area contributed by atoms with Crippen LogP contribution in [0.25, 0.3) is 0 Å². The third kappa shape index (κ3) is 43.4. The maximum Gasteiger partial charge on any atom is 1.00 e. The molecule has 0 atom stereocenters. The molecule has 24 heavy (non-hydrogen) atoms. The van der Waals surface area contributed by atoms with E-state index in [1.165, 1.54) is 96.3 Å². The van der Waals surface area contributed by atoms with Gasteiger partial charge in [-0.15, -0.1) is 0 Å². The number of hydrogen-bond donors (Lipinski definition) is 3. The molecule has 0 saturated heterocycles. The molecule has 0 radical (unpaired) electrons. The average molecular weight is 459 g/mol. The molecular formula is C18H40AgO4P. The molecule has 0 unspecified atom stereocenters. The Bertz CT molecular complexity index is 235. The van der Waals surface area contributed by atoms with E-state index < -0.39 is 7.82 Å². The first-order valence-corrected chi connectivity index (χ1v) is 11.1. The Labute approximate surface area is 166 Å². The summed E-state index contributed by atoms with van der Waals surface area (Å²) in [6.45, 7) is 6.18. The van der Waals surface area contributed by atoms with Gasteiger partial charge in [0.1, 0.15) is 0 Å². The van der Waals surface area contributed by atoms with Crippen LogP contribution in [0.5, 0.6) is 0 Å². The van der Waals surface area contributed by atoms with E-state index in [0.29, 0.717) is 0 Å². The molecule has 0 aromatic carbocycles. The van der Waals surface area contributed by atoms with Gasteiger partial charge in [0.2, 0.25) is 0 Å². The maximum atomic E-state index is 8.88. The Morgan fingerprint density at radius 2 is 0.833 bits per heavy atom. The van der Waals surface area contributed by atoms with E-state index in [9.17, 15) is 0 Å². The Kier molecular flexibility index (Phi) is 29.4. The van der Waals surface area contributed by atoms with Gasteiger partial charge in [0.05, 0.1) is 0 Å². The van der Waals surface area contributed by atoms with Gasteiger partial charge in [-0.1, -0.05) is 103 Å². The number of phosphoric acid groups is 1. The fourth-order valence-electron chi connectivity index (χ4n) is 2.55. The van der Waals surface area contributed by atoms with Crippen molar-refractivity contribution >= 4 is 7.82 Å². The Hall–Kier alpha value is 0.850. The minimum Gasteiger partial charge on any atom is -0.343 e. The summed E-state index contributed by atoms with van der Waals surface area (Å²) >= 11 is 0. The van der Waals surface area contributed by atoms with Crippen LogP contribution in [0.1, 0.15) is 110 Å². The van der Waals surface area contributed by atoms with Crippen molar-refractivity contribution in [3.05, 3.63) is 6.92 Å². The van der Waals surface area contributed by atoms with Crippen molar-refractivity contribution in [3.63, 3.8) is 0 Å². The molecule has 0 aliphatic rings. The quantitative estimate of drug-likeness (QED) is 0.119. The van der Waals surface area contributed by atoms with Gasteiger partial charge < -0.3 is 21.6 Å². The maximum absolute atomic E-state index is 8.88. The molecule has 0 amide bonds. The van der Waals surface area contributed by atoms with Crippen molar-refractivity contribution in [2.24, 2.45) is 0 Å². The Morgan fingerprint density at radius 1 is 0.625 bits per heavy atom. The first-order valence-electron chi connectivity index (χ1n) is 9.49. The van der Waals surface area contributed by atoms with Gasteiger partial charge in [0.15, 0.2) is 0 Å². The third-order valence-electron chi connectivity index (χ3n) is 3.85. The topological polar surface area (TPSA) is 77.8 Å². The molecule has 0 aliphatic heterocycles. The van der Waals surface area contributed by atoms with Gasteiger partial charge in [-0.25, -0.2) is 4.57 Å². The van der Waals surface area contributed by atoms with Crippen molar-refractivity contribution in [1.29, 1.82) is 0 Å². The fourth-order valence-corrected chi connectivity index (χ4v) is 2.55. The third-order valence-corrected chi connectivity index (χ3v) is 3.85. The monoisotopic (exact) mass is 458 g/mol. The van der Waals surface area contributed by atoms with Gasteiger partial charge >= 0.3 is 30.2 Å². The van der Waals surface area contributed by atoms with E-state index in [2.05, 4.69) is 13.8 Å². The Balaban J connectivity index is -0.000000639. The number of unbranched alkanes of at least 4 members (excludes halogenated alkanes) is 15. The molecule has 4 nitrogen and oxygen atoms in total. The summed E-state index contributed by atoms with van der Waals surface area (Å²) in [5.74, 6) is 0. The van der Waals surface area contributed by atoms with Crippen LogP contribution >= 0.6 is 7.82 Å². The van der Waals surface area contributed by atoms with Gasteiger partial charge in [0.25, 0.3) is 0 Å². The molecule has 6 heteroatoms. The van der Waals surface area contributed by atoms with E-state index in [-0.39, 0.29) is 22.4 Å². The van der Waals surface area contributed by atoms with Gasteiger partial charge in [-0.05, 0) is 0 Å². The fraction of sp³-hybridized carbons (Fsp3) is 0.944. The molecule has 0 bridgehead atoms. The first-order chi connectivity index (χ1) is 10.9. The smallest absolute Gasteiger partial charge is 0.343 e. The standard InChI is InChI=1S/C18H37.Ag.H3O4P/c1-3-5-7-9-11-13-15-17-18-16-14-12-10-8-6-4-2;;1-5(2,3)4/h1,3-18H2,2H3;;(H3,1,2,3,4)/q-1;+1;. The zero-order chi connectivity index (χ0) is 17.8. The summed E-state index contributed by atoms with van der Waals surface area (Å²) in [5.41, 5.74) is 0. The molecule has 0 spiro atoms. The average Bonchev–Trinajstić information content (AvgIpc) is 2.46. The van der Waals surface area contributed by atoms with E-state index in [4.69, 9.17) is 19.2 Å². The summed E-state index contributed by atoms with van der Waals surface area (Å²) in [6, 6.07) is 0. The summed E-state index contributed by atoms with van der Waals surface area (Å²) < 4.78 is 8.88. The molecule has 0 heterocycles. The van der Waals surface area contributed by atoms with E-state index in [0.717, 1.165) is 6.42 Å². The van der Waals surface area contributed by atoms with Crippen LogP contribution < -0.4 is 0 Å². The molecule has 0 aromatic rings. The van der Waals surface area contributed by atoms with Crippen LogP contribution in [-0.4, -0.2) is 14.7 Å². The second-order valence-corrected chi connectivity index (χ2v) is 7.34. The normalized spacial score (nSPS) is 10.7. The Morgan fingerprint density at radius 3 is 1.04 bits per heavy atom. The van der Waals surface area contributed by atoms with Crippen LogP contribution in [0.15, 0.2) is 0 Å². The van der Waals surface area contributed by atoms with Crippen LogP contribution in [0, 0.1) is 6.92 Å². The van der Waals surface area contributed by atoms with Crippen LogP contribution in [0.2, 0.25) is 0 Å². The van der Waals surface area contributed by atoms with Crippen molar-refractivity contribution in [2.45, 2.75) is 110 Å². The molecule has 0 fully saturated rings. The van der Waals surface area contributed by atoms with Crippen LogP contribution in [-0.2, 0) is 26.9 Å². The first kappa shape index (κ1) is 29.6. The SMILES string of the molecule is O=P(O)(O)O.[Ag+].[CH2-]CCCCCCCCCCCCCCCCC. The predicted molar refractivity (Wildman–Crippen MR) is 99.2 cm³/mol. The molecule has 0 aromatic heterocycles. The molecule has 152 valence electrons. The minimum atomic E-state index is -4.64. The van der Waals surface area contributed by atoms with E-state index in [1.54, 1.807) is 0 Å². The molecule has 0 rings (SSSR count). The van der Waals surface area contributed by atoms with Gasteiger partial charge in [0, 0.05) is 0 Å². The summed E-state index contributed by atoms with van der Waals surface area (Å²) in [7, 11) is -4.64. The zero-order valence-electron chi connectivity index (χ0n) is 15.5. The number of rotatable bonds is 15. The molecule has 0 saturated carbocycles. The van der Waals surface area contributed by atoms with Gasteiger partial charge in [-0.3, -0.25) is 0 Å². The van der Waals surface area contributed by atoms with E-state index >= 15 is 0 Å². The molecule has 0 aliphatic carbocycles. The molecular weight excluding hydrogens is 419 g/mol. The van der Waals surface area contributed by atoms with Crippen molar-refractivity contribution in [3.8, 4) is 0 Å². The number of hydrogen-bond acceptors (Lipinski definition) is 1. The van der Waals surface area contributed by atoms with Gasteiger partial charge in [-0.2, -0.15) is 6.42 Å². The van der Waals surface area contributed by atoms with E-state index in [1.807, 2.05) is 0 Å². The summed E-state index contributed by atoms with van der Waals surface area (Å²) in [4.78, 5) is 21.6. The van der Waals surface area contributed by atoms with Crippen LogP contribution in [0.3, 0.4) is 0 Å². The van der Waals surface area contributed by atoms with Crippen molar-refractivity contribution < 1.29 is 41.6 Å². The summed E-state index contributed by atoms with van der Waals surface area (Å²) in [5, 5.41) is 0. The second-order valence-electron chi connectivity index (χ2n) is 6.32. The predicted octanol–water partition coefficient (Wildman–Crippen LogP) is 6.15. The van der Waals surface area contributed by atoms with Crippen LogP contribution in [0.4, 0.5) is 0 Å². The zero-order valence-corrected chi connectivity index (χ0v) is 17.9.